The highest BCUT2D eigenvalue weighted by Crippen LogP contribution is 2.32. The summed E-state index contributed by atoms with van der Waals surface area (Å²) in [6.07, 6.45) is -0.253. The molecule has 0 saturated carbocycles. The molecule has 1 N–H and O–H groups in total. The molecule has 4 rings (SSSR count). The van der Waals surface area contributed by atoms with Crippen LogP contribution < -0.4 is 0 Å². The average molecular weight is 482 g/mol. The minimum absolute atomic E-state index is 0.0390. The third-order valence-corrected chi connectivity index (χ3v) is 8.68. The Bertz CT molecular complexity index is 934. The first-order valence-electron chi connectivity index (χ1n) is 11.7. The molecular weight excluding hydrogens is 446 g/mol. The zero-order chi connectivity index (χ0) is 23.6. The van der Waals surface area contributed by atoms with Crippen LogP contribution in [0.2, 0.25) is 0 Å². The lowest BCUT2D eigenvalue weighted by Gasteiger charge is -2.44. The predicted molar refractivity (Wildman–Crippen MR) is 122 cm³/mol. The molecule has 3 aliphatic rings. The fourth-order valence-corrected chi connectivity index (χ4v) is 6.68. The van der Waals surface area contributed by atoms with Gasteiger partial charge >= 0.3 is 0 Å². The van der Waals surface area contributed by atoms with Crippen molar-refractivity contribution >= 4 is 15.9 Å². The molecule has 184 valence electrons. The number of rotatable bonds is 4. The van der Waals surface area contributed by atoms with Crippen LogP contribution in [-0.2, 0) is 24.3 Å². The highest BCUT2D eigenvalue weighted by Gasteiger charge is 2.43. The number of aliphatic hydroxyl groups excluding tert-OH is 1. The van der Waals surface area contributed by atoms with Crippen LogP contribution >= 0.6 is 0 Å². The number of aliphatic hydroxyl groups is 1. The van der Waals surface area contributed by atoms with E-state index in [-0.39, 0.29) is 36.7 Å². The van der Waals surface area contributed by atoms with Gasteiger partial charge < -0.3 is 24.4 Å². The van der Waals surface area contributed by atoms with Gasteiger partial charge in [0.25, 0.3) is 0 Å². The zero-order valence-corrected chi connectivity index (χ0v) is 20.2. The molecule has 0 radical (unpaired) electrons. The van der Waals surface area contributed by atoms with E-state index >= 15 is 0 Å². The maximum absolute atomic E-state index is 13.6. The molecule has 10 heteroatoms. The molecule has 4 atom stereocenters. The fraction of sp³-hybridized carbons (Fsp3) is 0.696. The lowest BCUT2D eigenvalue weighted by molar-refractivity contribution is -0.152. The van der Waals surface area contributed by atoms with Crippen LogP contribution in [0.15, 0.2) is 29.2 Å². The number of carbonyl (C=O) groups excluding carboxylic acids is 1. The molecule has 0 aliphatic carbocycles. The number of ether oxygens (including phenoxy) is 2. The predicted octanol–water partition coefficient (Wildman–Crippen LogP) is 0.457. The molecule has 0 unspecified atom stereocenters. The Kier molecular flexibility index (Phi) is 7.72. The van der Waals surface area contributed by atoms with Gasteiger partial charge in [-0.1, -0.05) is 12.1 Å². The van der Waals surface area contributed by atoms with Crippen molar-refractivity contribution in [1.82, 2.24) is 14.1 Å². The van der Waals surface area contributed by atoms with Crippen molar-refractivity contribution in [3.63, 3.8) is 0 Å². The van der Waals surface area contributed by atoms with Gasteiger partial charge in [0.15, 0.2) is 0 Å². The number of amides is 1. The van der Waals surface area contributed by atoms with E-state index in [0.29, 0.717) is 19.3 Å². The third kappa shape index (κ3) is 5.75. The second kappa shape index (κ2) is 10.4. The minimum atomic E-state index is -3.83. The Morgan fingerprint density at radius 1 is 1.15 bits per heavy atom. The van der Waals surface area contributed by atoms with Crippen molar-refractivity contribution in [3.05, 3.63) is 29.8 Å². The first kappa shape index (κ1) is 24.6. The van der Waals surface area contributed by atoms with Crippen LogP contribution in [0.25, 0.3) is 0 Å². The number of benzene rings is 1. The van der Waals surface area contributed by atoms with E-state index in [9.17, 15) is 18.3 Å². The number of likely N-dealkylation sites (N-methyl/N-ethyl adjacent to an activating group) is 1. The van der Waals surface area contributed by atoms with E-state index < -0.39 is 28.3 Å². The maximum Gasteiger partial charge on any atom is 0.243 e. The van der Waals surface area contributed by atoms with Crippen LogP contribution in [0, 0.1) is 6.92 Å². The van der Waals surface area contributed by atoms with Crippen molar-refractivity contribution in [2.75, 3.05) is 53.0 Å². The number of nitrogens with zero attached hydrogens (tertiary/aromatic N) is 3. The first-order valence-corrected chi connectivity index (χ1v) is 13.1. The topological polar surface area (TPSA) is 99.6 Å². The van der Waals surface area contributed by atoms with Crippen molar-refractivity contribution in [2.24, 2.45) is 0 Å². The maximum atomic E-state index is 13.6. The van der Waals surface area contributed by atoms with Gasteiger partial charge in [-0.2, -0.15) is 4.31 Å². The molecule has 0 aromatic heterocycles. The van der Waals surface area contributed by atoms with E-state index in [1.165, 1.54) is 4.31 Å². The Balaban J connectivity index is 1.48. The summed E-state index contributed by atoms with van der Waals surface area (Å²) in [4.78, 5) is 17.1. The quantitative estimate of drug-likeness (QED) is 0.667. The number of hydrogen-bond acceptors (Lipinski definition) is 7. The second-order valence-electron chi connectivity index (χ2n) is 9.41. The molecule has 3 fully saturated rings. The van der Waals surface area contributed by atoms with Gasteiger partial charge in [-0.25, -0.2) is 8.42 Å². The van der Waals surface area contributed by atoms with Gasteiger partial charge in [0.05, 0.1) is 48.9 Å². The largest absolute Gasteiger partial charge is 0.389 e. The summed E-state index contributed by atoms with van der Waals surface area (Å²) >= 11 is 0. The molecule has 3 heterocycles. The van der Waals surface area contributed by atoms with Crippen molar-refractivity contribution in [1.29, 1.82) is 0 Å². The monoisotopic (exact) mass is 481 g/mol. The highest BCUT2D eigenvalue weighted by atomic mass is 32.2. The summed E-state index contributed by atoms with van der Waals surface area (Å²) < 4.78 is 40.4. The summed E-state index contributed by atoms with van der Waals surface area (Å²) in [6, 6.07) is 6.35. The number of fused-ring (bicyclic) bond motifs is 1. The average Bonchev–Trinajstić information content (AvgIpc) is 2.77. The molecule has 0 spiro atoms. The van der Waals surface area contributed by atoms with Crippen LogP contribution in [0.4, 0.5) is 0 Å². The molecule has 3 saturated heterocycles. The van der Waals surface area contributed by atoms with Crippen LogP contribution in [0.5, 0.6) is 0 Å². The van der Waals surface area contributed by atoms with E-state index in [4.69, 9.17) is 9.47 Å². The standard InChI is InChI=1S/C23H35N3O6S/c1-17-4-3-5-20(12-17)33(29,30)26-14-18(27)15-31-16-22-21(26)7-6-19(32-22)13-23(28)25-10-8-24(2)9-11-25/h3-5,12,18-19,21-22,27H,6-11,13-16H2,1-2H3/t18-,19+,21+,22-/m1/s1. The van der Waals surface area contributed by atoms with Crippen LogP contribution in [0.3, 0.4) is 0 Å². The summed E-state index contributed by atoms with van der Waals surface area (Å²) in [5.74, 6) is 0.0815. The normalized spacial score (nSPS) is 30.3. The zero-order valence-electron chi connectivity index (χ0n) is 19.4. The van der Waals surface area contributed by atoms with E-state index in [1.54, 1.807) is 18.2 Å². The number of piperazine rings is 1. The van der Waals surface area contributed by atoms with Crippen molar-refractivity contribution in [3.8, 4) is 0 Å². The summed E-state index contributed by atoms with van der Waals surface area (Å²) in [5, 5.41) is 10.3. The summed E-state index contributed by atoms with van der Waals surface area (Å²) in [5.41, 5.74) is 0.853. The van der Waals surface area contributed by atoms with Gasteiger partial charge in [0, 0.05) is 32.7 Å². The van der Waals surface area contributed by atoms with Crippen LogP contribution in [-0.4, -0.2) is 111 Å². The lowest BCUT2D eigenvalue weighted by atomic mass is 9.96. The molecule has 1 amide bonds. The smallest absolute Gasteiger partial charge is 0.243 e. The molecular formula is C23H35N3O6S. The van der Waals surface area contributed by atoms with Crippen molar-refractivity contribution in [2.45, 2.75) is 55.4 Å². The van der Waals surface area contributed by atoms with E-state index in [0.717, 1.165) is 31.7 Å². The van der Waals surface area contributed by atoms with Gasteiger partial charge in [0.2, 0.25) is 15.9 Å². The summed E-state index contributed by atoms with van der Waals surface area (Å²) in [6.45, 7) is 5.19. The fourth-order valence-electron chi connectivity index (χ4n) is 4.86. The molecule has 1 aromatic rings. The van der Waals surface area contributed by atoms with Gasteiger partial charge in [0.1, 0.15) is 0 Å². The number of β-amino-alcohol motifs (C(OH)–C–C–N with tert-alkyl or cyclic N) is 1. The summed E-state index contributed by atoms with van der Waals surface area (Å²) in [7, 11) is -1.78. The number of hydrogen-bond donors (Lipinski definition) is 1. The van der Waals surface area contributed by atoms with Gasteiger partial charge in [-0.3, -0.25) is 4.79 Å². The number of sulfonamides is 1. The lowest BCUT2D eigenvalue weighted by Crippen LogP contribution is -2.57. The second-order valence-corrected chi connectivity index (χ2v) is 11.3. The first-order chi connectivity index (χ1) is 15.7. The number of aryl methyl sites for hydroxylation is 1. The molecule has 3 aliphatic heterocycles. The highest BCUT2D eigenvalue weighted by molar-refractivity contribution is 7.89. The van der Waals surface area contributed by atoms with E-state index in [2.05, 4.69) is 4.90 Å². The SMILES string of the molecule is Cc1cccc(S(=O)(=O)N2C[C@@H](O)COC[C@H]3O[C@H](CC(=O)N4CCN(C)CC4)CC[C@@H]32)c1. The molecule has 1 aromatic carbocycles. The third-order valence-electron chi connectivity index (χ3n) is 6.79. The van der Waals surface area contributed by atoms with Crippen LogP contribution in [0.1, 0.15) is 24.8 Å². The molecule has 0 bridgehead atoms. The Morgan fingerprint density at radius 3 is 2.64 bits per heavy atom. The Hall–Kier alpha value is -1.56. The van der Waals surface area contributed by atoms with E-state index in [1.807, 2.05) is 24.9 Å². The Labute approximate surface area is 196 Å². The van der Waals surface area contributed by atoms with Gasteiger partial charge in [-0.15, -0.1) is 0 Å². The number of carbonyl (C=O) groups is 1. The van der Waals surface area contributed by atoms with Crippen molar-refractivity contribution < 1.29 is 27.8 Å². The van der Waals surface area contributed by atoms with Gasteiger partial charge in [-0.05, 0) is 44.5 Å². The minimum Gasteiger partial charge on any atom is -0.389 e. The molecule has 33 heavy (non-hydrogen) atoms. The Morgan fingerprint density at radius 2 is 1.91 bits per heavy atom. The molecule has 9 nitrogen and oxygen atoms in total.